The second-order valence-electron chi connectivity index (χ2n) is 7.27. The lowest BCUT2D eigenvalue weighted by Gasteiger charge is -2.21. The normalized spacial score (nSPS) is 11.5. The molecule has 0 aliphatic heterocycles. The minimum absolute atomic E-state index is 0.00969. The van der Waals surface area contributed by atoms with Crippen molar-refractivity contribution in [2.75, 3.05) is 7.05 Å². The van der Waals surface area contributed by atoms with Gasteiger partial charge in [0.1, 0.15) is 0 Å². The van der Waals surface area contributed by atoms with Crippen LogP contribution in [0.4, 0.5) is 0 Å². The van der Waals surface area contributed by atoms with Crippen LogP contribution in [0.2, 0.25) is 0 Å². The lowest BCUT2D eigenvalue weighted by Crippen LogP contribution is -2.26. The molecule has 0 spiro atoms. The van der Waals surface area contributed by atoms with Gasteiger partial charge in [-0.25, -0.2) is 4.68 Å². The van der Waals surface area contributed by atoms with Crippen LogP contribution in [0.15, 0.2) is 61.2 Å². The van der Waals surface area contributed by atoms with Gasteiger partial charge >= 0.3 is 0 Å². The molecule has 3 aromatic rings. The highest BCUT2D eigenvalue weighted by atomic mass is 16.2. The molecule has 5 heteroatoms. The highest BCUT2D eigenvalue weighted by Gasteiger charge is 2.18. The van der Waals surface area contributed by atoms with E-state index in [-0.39, 0.29) is 11.4 Å². The van der Waals surface area contributed by atoms with Crippen molar-refractivity contribution in [1.82, 2.24) is 19.2 Å². The number of hydrogen-bond donors (Lipinski definition) is 0. The van der Waals surface area contributed by atoms with E-state index in [0.29, 0.717) is 12.1 Å². The van der Waals surface area contributed by atoms with Gasteiger partial charge in [0, 0.05) is 43.3 Å². The summed E-state index contributed by atoms with van der Waals surface area (Å²) in [6, 6.07) is 11.8. The fourth-order valence-electron chi connectivity index (χ4n) is 2.67. The zero-order chi connectivity index (χ0) is 18.0. The number of aromatic nitrogens is 3. The number of rotatable bonds is 4. The molecule has 0 bridgehead atoms. The van der Waals surface area contributed by atoms with Crippen molar-refractivity contribution in [2.24, 2.45) is 0 Å². The van der Waals surface area contributed by atoms with E-state index in [1.807, 2.05) is 66.7 Å². The Morgan fingerprint density at radius 1 is 1.12 bits per heavy atom. The Labute approximate surface area is 148 Å². The van der Waals surface area contributed by atoms with E-state index in [0.717, 1.165) is 11.3 Å². The Kier molecular flexibility index (Phi) is 4.49. The van der Waals surface area contributed by atoms with Gasteiger partial charge < -0.3 is 9.47 Å². The predicted molar refractivity (Wildman–Crippen MR) is 98.8 cm³/mol. The van der Waals surface area contributed by atoms with Crippen LogP contribution in [0.25, 0.3) is 5.69 Å². The van der Waals surface area contributed by atoms with E-state index in [1.54, 1.807) is 11.1 Å². The molecule has 0 saturated carbocycles. The summed E-state index contributed by atoms with van der Waals surface area (Å²) in [5, 5.41) is 4.38. The van der Waals surface area contributed by atoms with E-state index in [4.69, 9.17) is 0 Å². The quantitative estimate of drug-likeness (QED) is 0.729. The average molecular weight is 336 g/mol. The molecular formula is C20H24N4O. The van der Waals surface area contributed by atoms with Crippen LogP contribution in [0.5, 0.6) is 0 Å². The lowest BCUT2D eigenvalue weighted by molar-refractivity contribution is 0.0785. The highest BCUT2D eigenvalue weighted by molar-refractivity contribution is 5.93. The largest absolute Gasteiger partial charge is 0.348 e. The van der Waals surface area contributed by atoms with Crippen LogP contribution in [0.1, 0.15) is 36.7 Å². The van der Waals surface area contributed by atoms with Crippen LogP contribution in [-0.4, -0.2) is 32.2 Å². The van der Waals surface area contributed by atoms with Gasteiger partial charge in [-0.3, -0.25) is 4.79 Å². The van der Waals surface area contributed by atoms with Crippen molar-refractivity contribution in [3.63, 3.8) is 0 Å². The molecule has 25 heavy (non-hydrogen) atoms. The standard InChI is InChI=1S/C20H24N4O/c1-20(2,3)23-11-10-17(15-23)19(25)22(4)13-16-12-21-24(14-16)18-8-6-5-7-9-18/h5-12,14-15H,13H2,1-4H3. The van der Waals surface area contributed by atoms with Gasteiger partial charge in [-0.05, 0) is 39.0 Å². The van der Waals surface area contributed by atoms with Crippen molar-refractivity contribution >= 4 is 5.91 Å². The Balaban J connectivity index is 1.70. The Hall–Kier alpha value is -2.82. The first-order valence-corrected chi connectivity index (χ1v) is 8.37. The topological polar surface area (TPSA) is 43.1 Å². The Morgan fingerprint density at radius 2 is 1.84 bits per heavy atom. The summed E-state index contributed by atoms with van der Waals surface area (Å²) < 4.78 is 3.88. The van der Waals surface area contributed by atoms with Gasteiger partial charge in [0.2, 0.25) is 0 Å². The predicted octanol–water partition coefficient (Wildman–Crippen LogP) is 3.70. The van der Waals surface area contributed by atoms with Crippen molar-refractivity contribution in [3.8, 4) is 5.69 Å². The third-order valence-electron chi connectivity index (χ3n) is 4.14. The molecule has 1 aromatic carbocycles. The fourth-order valence-corrected chi connectivity index (χ4v) is 2.67. The molecule has 130 valence electrons. The Bertz CT molecular complexity index is 855. The van der Waals surface area contributed by atoms with Gasteiger partial charge in [-0.2, -0.15) is 5.10 Å². The molecule has 2 heterocycles. The first-order chi connectivity index (χ1) is 11.8. The van der Waals surface area contributed by atoms with Crippen LogP contribution >= 0.6 is 0 Å². The van der Waals surface area contributed by atoms with Crippen molar-refractivity contribution in [2.45, 2.75) is 32.9 Å². The minimum atomic E-state index is -0.0338. The molecule has 0 fully saturated rings. The summed E-state index contributed by atoms with van der Waals surface area (Å²) in [4.78, 5) is 14.4. The molecule has 0 unspecified atom stereocenters. The molecule has 0 N–H and O–H groups in total. The zero-order valence-electron chi connectivity index (χ0n) is 15.2. The monoisotopic (exact) mass is 336 g/mol. The number of para-hydroxylation sites is 1. The zero-order valence-corrected chi connectivity index (χ0v) is 15.2. The van der Waals surface area contributed by atoms with Gasteiger partial charge in [0.15, 0.2) is 0 Å². The maximum Gasteiger partial charge on any atom is 0.255 e. The van der Waals surface area contributed by atoms with Crippen molar-refractivity contribution in [3.05, 3.63) is 72.3 Å². The number of carbonyl (C=O) groups excluding carboxylic acids is 1. The maximum absolute atomic E-state index is 12.7. The molecule has 0 aliphatic carbocycles. The molecule has 2 aromatic heterocycles. The number of nitrogens with zero attached hydrogens (tertiary/aromatic N) is 4. The lowest BCUT2D eigenvalue weighted by atomic mass is 10.1. The number of carbonyl (C=O) groups is 1. The molecular weight excluding hydrogens is 312 g/mol. The smallest absolute Gasteiger partial charge is 0.255 e. The Morgan fingerprint density at radius 3 is 2.48 bits per heavy atom. The molecule has 3 rings (SSSR count). The van der Waals surface area contributed by atoms with E-state index >= 15 is 0 Å². The average Bonchev–Trinajstić information content (AvgIpc) is 3.24. The summed E-state index contributed by atoms with van der Waals surface area (Å²) in [6.45, 7) is 6.86. The number of benzene rings is 1. The molecule has 0 aliphatic rings. The summed E-state index contributed by atoms with van der Waals surface area (Å²) >= 11 is 0. The molecule has 0 atom stereocenters. The maximum atomic E-state index is 12.7. The first kappa shape index (κ1) is 17.0. The van der Waals surface area contributed by atoms with Gasteiger partial charge in [-0.15, -0.1) is 0 Å². The highest BCUT2D eigenvalue weighted by Crippen LogP contribution is 2.17. The summed E-state index contributed by atoms with van der Waals surface area (Å²) in [5.74, 6) is 0.00969. The summed E-state index contributed by atoms with van der Waals surface area (Å²) in [6.07, 6.45) is 7.62. The van der Waals surface area contributed by atoms with Gasteiger partial charge in [0.25, 0.3) is 5.91 Å². The van der Waals surface area contributed by atoms with Gasteiger partial charge in [0.05, 0.1) is 17.4 Å². The SMILES string of the molecule is CN(Cc1cnn(-c2ccccc2)c1)C(=O)c1ccn(C(C)(C)C)c1. The van der Waals surface area contributed by atoms with Crippen LogP contribution in [0.3, 0.4) is 0 Å². The van der Waals surface area contributed by atoms with Crippen molar-refractivity contribution < 1.29 is 4.79 Å². The summed E-state index contributed by atoms with van der Waals surface area (Å²) in [7, 11) is 1.82. The van der Waals surface area contributed by atoms with Crippen molar-refractivity contribution in [1.29, 1.82) is 0 Å². The van der Waals surface area contributed by atoms with E-state index < -0.39 is 0 Å². The van der Waals surface area contributed by atoms with Crippen LogP contribution < -0.4 is 0 Å². The van der Waals surface area contributed by atoms with E-state index in [1.165, 1.54) is 0 Å². The number of amides is 1. The third kappa shape index (κ3) is 3.82. The molecule has 0 radical (unpaired) electrons. The second-order valence-corrected chi connectivity index (χ2v) is 7.27. The van der Waals surface area contributed by atoms with E-state index in [9.17, 15) is 4.79 Å². The number of hydrogen-bond acceptors (Lipinski definition) is 2. The molecule has 1 amide bonds. The van der Waals surface area contributed by atoms with Gasteiger partial charge in [-0.1, -0.05) is 18.2 Å². The minimum Gasteiger partial charge on any atom is -0.348 e. The second kappa shape index (κ2) is 6.59. The molecule has 0 saturated heterocycles. The van der Waals surface area contributed by atoms with Crippen LogP contribution in [0, 0.1) is 0 Å². The fraction of sp³-hybridized carbons (Fsp3) is 0.300. The van der Waals surface area contributed by atoms with E-state index in [2.05, 4.69) is 30.4 Å². The summed E-state index contributed by atoms with van der Waals surface area (Å²) in [5.41, 5.74) is 2.67. The third-order valence-corrected chi connectivity index (χ3v) is 4.14. The molecule has 5 nitrogen and oxygen atoms in total. The van der Waals surface area contributed by atoms with Crippen LogP contribution in [-0.2, 0) is 12.1 Å². The first-order valence-electron chi connectivity index (χ1n) is 8.37.